The van der Waals surface area contributed by atoms with Crippen LogP contribution >= 0.6 is 0 Å². The third-order valence-electron chi connectivity index (χ3n) is 4.96. The predicted molar refractivity (Wildman–Crippen MR) is 70.8 cm³/mol. The summed E-state index contributed by atoms with van der Waals surface area (Å²) in [4.78, 5) is 0. The zero-order chi connectivity index (χ0) is 12.3. The van der Waals surface area contributed by atoms with E-state index < -0.39 is 0 Å². The van der Waals surface area contributed by atoms with E-state index in [1.807, 2.05) is 0 Å². The van der Waals surface area contributed by atoms with Gasteiger partial charge in [-0.1, -0.05) is 0 Å². The zero-order valence-electron chi connectivity index (χ0n) is 11.3. The summed E-state index contributed by atoms with van der Waals surface area (Å²) in [5.41, 5.74) is 0.955. The van der Waals surface area contributed by atoms with Crippen LogP contribution in [0.3, 0.4) is 0 Å². The molecular weight excluding hydrogens is 228 g/mol. The standard InChI is InChI=1S/2C7H13NO/c1-4-8-5-2-7(1)3-6-9-7;1-3-8-4-2-7(1)5-9-6-7/h2*8H,1-6H2. The molecule has 18 heavy (non-hydrogen) atoms. The molecule has 4 aliphatic heterocycles. The van der Waals surface area contributed by atoms with Gasteiger partial charge < -0.3 is 20.1 Å². The van der Waals surface area contributed by atoms with E-state index in [-0.39, 0.29) is 0 Å². The highest BCUT2D eigenvalue weighted by Gasteiger charge is 2.39. The van der Waals surface area contributed by atoms with Gasteiger partial charge in [0.15, 0.2) is 0 Å². The van der Waals surface area contributed by atoms with Gasteiger partial charge in [0, 0.05) is 5.41 Å². The first kappa shape index (κ1) is 12.9. The SMILES string of the molecule is C1CC2(CCN1)CCO2.C1CC2(CCN1)COC2. The van der Waals surface area contributed by atoms with Crippen molar-refractivity contribution in [1.29, 1.82) is 0 Å². The number of ether oxygens (including phenoxy) is 2. The number of hydrogen-bond donors (Lipinski definition) is 2. The average molecular weight is 254 g/mol. The molecule has 4 saturated heterocycles. The van der Waals surface area contributed by atoms with Gasteiger partial charge in [-0.3, -0.25) is 0 Å². The van der Waals surface area contributed by atoms with Crippen molar-refractivity contribution in [2.24, 2.45) is 5.41 Å². The number of rotatable bonds is 0. The maximum Gasteiger partial charge on any atom is 0.0728 e. The Morgan fingerprint density at radius 2 is 1.28 bits per heavy atom. The van der Waals surface area contributed by atoms with E-state index in [0.29, 0.717) is 11.0 Å². The summed E-state index contributed by atoms with van der Waals surface area (Å²) in [5, 5.41) is 6.68. The fourth-order valence-electron chi connectivity index (χ4n) is 3.30. The Morgan fingerprint density at radius 3 is 1.56 bits per heavy atom. The van der Waals surface area contributed by atoms with E-state index in [1.165, 1.54) is 45.2 Å². The minimum absolute atomic E-state index is 0.339. The predicted octanol–water partition coefficient (Wildman–Crippen LogP) is 0.915. The van der Waals surface area contributed by atoms with Gasteiger partial charge in [0.25, 0.3) is 0 Å². The number of hydrogen-bond acceptors (Lipinski definition) is 4. The van der Waals surface area contributed by atoms with Crippen LogP contribution in [0.4, 0.5) is 0 Å². The van der Waals surface area contributed by atoms with Crippen LogP contribution in [0.2, 0.25) is 0 Å². The van der Waals surface area contributed by atoms with Crippen LogP contribution in [0.1, 0.15) is 32.1 Å². The lowest BCUT2D eigenvalue weighted by molar-refractivity contribution is -0.160. The normalized spacial score (nSPS) is 32.0. The van der Waals surface area contributed by atoms with Gasteiger partial charge in [0.05, 0.1) is 25.4 Å². The second kappa shape index (κ2) is 5.45. The van der Waals surface area contributed by atoms with Crippen LogP contribution in [-0.4, -0.2) is 51.6 Å². The summed E-state index contributed by atoms with van der Waals surface area (Å²) in [6, 6.07) is 0. The molecule has 0 saturated carbocycles. The van der Waals surface area contributed by atoms with Crippen molar-refractivity contribution < 1.29 is 9.47 Å². The Balaban J connectivity index is 0.000000111. The molecule has 0 unspecified atom stereocenters. The second-order valence-electron chi connectivity index (χ2n) is 6.27. The molecule has 4 rings (SSSR count). The lowest BCUT2D eigenvalue weighted by Crippen LogP contribution is -2.51. The van der Waals surface area contributed by atoms with Crippen LogP contribution in [0.25, 0.3) is 0 Å². The molecule has 0 radical (unpaired) electrons. The van der Waals surface area contributed by atoms with Gasteiger partial charge in [0.1, 0.15) is 0 Å². The molecule has 0 atom stereocenters. The highest BCUT2D eigenvalue weighted by Crippen LogP contribution is 2.36. The molecule has 4 heterocycles. The molecule has 4 nitrogen and oxygen atoms in total. The summed E-state index contributed by atoms with van der Waals surface area (Å²) >= 11 is 0. The molecule has 0 aromatic rings. The summed E-state index contributed by atoms with van der Waals surface area (Å²) in [5.74, 6) is 0. The fourth-order valence-corrected chi connectivity index (χ4v) is 3.30. The molecule has 4 aliphatic rings. The molecule has 0 amide bonds. The number of piperidine rings is 2. The molecule has 2 N–H and O–H groups in total. The van der Waals surface area contributed by atoms with Gasteiger partial charge >= 0.3 is 0 Å². The van der Waals surface area contributed by atoms with E-state index in [9.17, 15) is 0 Å². The van der Waals surface area contributed by atoms with Crippen LogP contribution in [0.5, 0.6) is 0 Å². The van der Waals surface area contributed by atoms with Crippen molar-refractivity contribution >= 4 is 0 Å². The second-order valence-corrected chi connectivity index (χ2v) is 6.27. The molecule has 4 heteroatoms. The quantitative estimate of drug-likeness (QED) is 0.674. The molecular formula is C14H26N2O2. The Labute approximate surface area is 110 Å². The lowest BCUT2D eigenvalue weighted by atomic mass is 9.77. The topological polar surface area (TPSA) is 42.5 Å². The van der Waals surface area contributed by atoms with Gasteiger partial charge in [0.2, 0.25) is 0 Å². The average Bonchev–Trinajstić information content (AvgIpc) is 2.38. The molecule has 0 aliphatic carbocycles. The third kappa shape index (κ3) is 2.72. The van der Waals surface area contributed by atoms with Crippen LogP contribution in [-0.2, 0) is 9.47 Å². The Kier molecular flexibility index (Phi) is 3.89. The number of nitrogens with one attached hydrogen (secondary N) is 2. The van der Waals surface area contributed by atoms with Crippen LogP contribution < -0.4 is 10.6 Å². The van der Waals surface area contributed by atoms with Crippen molar-refractivity contribution in [3.63, 3.8) is 0 Å². The van der Waals surface area contributed by atoms with Gasteiger partial charge in [-0.05, 0) is 58.3 Å². The first-order valence-electron chi connectivity index (χ1n) is 7.46. The smallest absolute Gasteiger partial charge is 0.0728 e. The molecule has 104 valence electrons. The van der Waals surface area contributed by atoms with Crippen molar-refractivity contribution in [1.82, 2.24) is 10.6 Å². The highest BCUT2D eigenvalue weighted by atomic mass is 16.5. The van der Waals surface area contributed by atoms with E-state index in [1.54, 1.807) is 0 Å². The van der Waals surface area contributed by atoms with Gasteiger partial charge in [-0.25, -0.2) is 0 Å². The Morgan fingerprint density at radius 1 is 0.722 bits per heavy atom. The van der Waals surface area contributed by atoms with E-state index in [4.69, 9.17) is 9.47 Å². The zero-order valence-corrected chi connectivity index (χ0v) is 11.3. The van der Waals surface area contributed by atoms with Crippen molar-refractivity contribution in [2.45, 2.75) is 37.7 Å². The van der Waals surface area contributed by atoms with Gasteiger partial charge in [-0.2, -0.15) is 0 Å². The van der Waals surface area contributed by atoms with Crippen LogP contribution in [0, 0.1) is 5.41 Å². The van der Waals surface area contributed by atoms with Crippen LogP contribution in [0.15, 0.2) is 0 Å². The maximum absolute atomic E-state index is 5.52. The van der Waals surface area contributed by atoms with Crippen molar-refractivity contribution in [2.75, 3.05) is 46.0 Å². The summed E-state index contributed by atoms with van der Waals surface area (Å²) in [6.07, 6.45) is 6.41. The minimum Gasteiger partial charge on any atom is -0.380 e. The van der Waals surface area contributed by atoms with Crippen molar-refractivity contribution in [3.05, 3.63) is 0 Å². The molecule has 0 aromatic carbocycles. The van der Waals surface area contributed by atoms with Gasteiger partial charge in [-0.15, -0.1) is 0 Å². The minimum atomic E-state index is 0.339. The summed E-state index contributed by atoms with van der Waals surface area (Å²) in [6.45, 7) is 7.75. The molecule has 2 spiro atoms. The van der Waals surface area contributed by atoms with Crippen molar-refractivity contribution in [3.8, 4) is 0 Å². The molecule has 0 aromatic heterocycles. The molecule has 4 fully saturated rings. The summed E-state index contributed by atoms with van der Waals surface area (Å²) < 4.78 is 10.7. The lowest BCUT2D eigenvalue weighted by Gasteiger charge is -2.44. The van der Waals surface area contributed by atoms with E-state index in [0.717, 1.165) is 32.9 Å². The first-order valence-corrected chi connectivity index (χ1v) is 7.46. The Bertz CT molecular complexity index is 231. The molecule has 0 bridgehead atoms. The Hall–Kier alpha value is -0.160. The summed E-state index contributed by atoms with van der Waals surface area (Å²) in [7, 11) is 0. The maximum atomic E-state index is 5.52. The largest absolute Gasteiger partial charge is 0.380 e. The van der Waals surface area contributed by atoms with E-state index >= 15 is 0 Å². The van der Waals surface area contributed by atoms with E-state index in [2.05, 4.69) is 10.6 Å². The monoisotopic (exact) mass is 254 g/mol. The highest BCUT2D eigenvalue weighted by molar-refractivity contribution is 4.91. The third-order valence-corrected chi connectivity index (χ3v) is 4.96. The first-order chi connectivity index (χ1) is 8.83. The fraction of sp³-hybridized carbons (Fsp3) is 1.00.